The first-order valence-corrected chi connectivity index (χ1v) is 5.77. The molecule has 2 atom stereocenters. The Hall–Kier alpha value is -1.11. The van der Waals surface area contributed by atoms with Crippen LogP contribution in [-0.4, -0.2) is 6.29 Å². The first-order chi connectivity index (χ1) is 7.27. The molecule has 1 aliphatic rings. The zero-order valence-corrected chi connectivity index (χ0v) is 9.28. The molecule has 80 valence electrons. The molecule has 1 heteroatoms. The fourth-order valence-corrected chi connectivity index (χ4v) is 2.73. The van der Waals surface area contributed by atoms with Crippen LogP contribution in [-0.2, 0) is 11.2 Å². The predicted molar refractivity (Wildman–Crippen MR) is 61.7 cm³/mol. The van der Waals surface area contributed by atoms with Crippen LogP contribution in [0.4, 0.5) is 0 Å². The zero-order chi connectivity index (χ0) is 10.7. The summed E-state index contributed by atoms with van der Waals surface area (Å²) < 4.78 is 0. The highest BCUT2D eigenvalue weighted by molar-refractivity contribution is 5.61. The van der Waals surface area contributed by atoms with Gasteiger partial charge in [-0.05, 0) is 30.7 Å². The zero-order valence-electron chi connectivity index (χ0n) is 9.28. The number of benzene rings is 1. The van der Waals surface area contributed by atoms with Gasteiger partial charge in [0.05, 0.1) is 0 Å². The van der Waals surface area contributed by atoms with Gasteiger partial charge in [-0.1, -0.05) is 43.7 Å². The second kappa shape index (κ2) is 4.18. The molecule has 15 heavy (non-hydrogen) atoms. The molecule has 1 aromatic carbocycles. The Morgan fingerprint density at radius 2 is 2.13 bits per heavy atom. The Labute approximate surface area is 91.5 Å². The van der Waals surface area contributed by atoms with Gasteiger partial charge >= 0.3 is 0 Å². The summed E-state index contributed by atoms with van der Waals surface area (Å²) in [6.07, 6.45) is 5.58. The highest BCUT2D eigenvalue weighted by Crippen LogP contribution is 2.43. The Kier molecular flexibility index (Phi) is 2.90. The van der Waals surface area contributed by atoms with Crippen LogP contribution < -0.4 is 0 Å². The van der Waals surface area contributed by atoms with Gasteiger partial charge < -0.3 is 4.79 Å². The molecule has 1 aliphatic carbocycles. The van der Waals surface area contributed by atoms with Crippen molar-refractivity contribution in [2.24, 2.45) is 11.3 Å². The smallest absolute Gasteiger partial charge is 0.126 e. The Bertz CT molecular complexity index is 330. The van der Waals surface area contributed by atoms with Gasteiger partial charge in [-0.25, -0.2) is 0 Å². The molecule has 0 N–H and O–H groups in total. The molecule has 0 aromatic heterocycles. The highest BCUT2D eigenvalue weighted by atomic mass is 16.1. The molecular formula is C14H18O. The van der Waals surface area contributed by atoms with E-state index in [-0.39, 0.29) is 5.41 Å². The van der Waals surface area contributed by atoms with Gasteiger partial charge in [0, 0.05) is 5.41 Å². The van der Waals surface area contributed by atoms with Crippen molar-refractivity contribution in [2.45, 2.75) is 32.6 Å². The van der Waals surface area contributed by atoms with Crippen LogP contribution in [0.5, 0.6) is 0 Å². The summed E-state index contributed by atoms with van der Waals surface area (Å²) in [7, 11) is 0. The van der Waals surface area contributed by atoms with Crippen LogP contribution in [0.25, 0.3) is 0 Å². The molecule has 1 aromatic rings. The summed E-state index contributed by atoms with van der Waals surface area (Å²) in [4.78, 5) is 11.3. The van der Waals surface area contributed by atoms with Gasteiger partial charge in [-0.15, -0.1) is 0 Å². The van der Waals surface area contributed by atoms with Gasteiger partial charge in [0.15, 0.2) is 0 Å². The molecule has 0 aliphatic heterocycles. The lowest BCUT2D eigenvalue weighted by atomic mass is 9.75. The van der Waals surface area contributed by atoms with Gasteiger partial charge in [-0.3, -0.25) is 0 Å². The van der Waals surface area contributed by atoms with Crippen molar-refractivity contribution in [3.63, 3.8) is 0 Å². The Morgan fingerprint density at radius 1 is 1.40 bits per heavy atom. The summed E-state index contributed by atoms with van der Waals surface area (Å²) in [5, 5.41) is 0. The van der Waals surface area contributed by atoms with Crippen molar-refractivity contribution >= 4 is 6.29 Å². The highest BCUT2D eigenvalue weighted by Gasteiger charge is 2.39. The lowest BCUT2D eigenvalue weighted by Crippen LogP contribution is -2.28. The van der Waals surface area contributed by atoms with Gasteiger partial charge in [-0.2, -0.15) is 0 Å². The van der Waals surface area contributed by atoms with Gasteiger partial charge in [0.2, 0.25) is 0 Å². The second-order valence-electron chi connectivity index (χ2n) is 4.81. The topological polar surface area (TPSA) is 17.1 Å². The quantitative estimate of drug-likeness (QED) is 0.688. The van der Waals surface area contributed by atoms with Crippen molar-refractivity contribution in [3.8, 4) is 0 Å². The number of hydrogen-bond acceptors (Lipinski definition) is 1. The molecular weight excluding hydrogens is 184 g/mol. The van der Waals surface area contributed by atoms with E-state index in [1.54, 1.807) is 0 Å². The van der Waals surface area contributed by atoms with Crippen molar-refractivity contribution in [2.75, 3.05) is 0 Å². The molecule has 0 radical (unpaired) electrons. The molecule has 1 nitrogen and oxygen atoms in total. The van der Waals surface area contributed by atoms with Crippen LogP contribution in [0.3, 0.4) is 0 Å². The average molecular weight is 202 g/mol. The van der Waals surface area contributed by atoms with Crippen molar-refractivity contribution in [3.05, 3.63) is 35.9 Å². The van der Waals surface area contributed by atoms with E-state index < -0.39 is 0 Å². The molecule has 0 heterocycles. The van der Waals surface area contributed by atoms with Crippen molar-refractivity contribution in [1.29, 1.82) is 0 Å². The van der Waals surface area contributed by atoms with Crippen LogP contribution in [0.2, 0.25) is 0 Å². The van der Waals surface area contributed by atoms with Crippen LogP contribution in [0, 0.1) is 11.3 Å². The first-order valence-electron chi connectivity index (χ1n) is 5.77. The third-order valence-corrected chi connectivity index (χ3v) is 3.87. The Morgan fingerprint density at radius 3 is 2.67 bits per heavy atom. The van der Waals surface area contributed by atoms with Crippen LogP contribution in [0.1, 0.15) is 31.7 Å². The Balaban J connectivity index is 2.18. The molecule has 0 spiro atoms. The minimum atomic E-state index is -0.0820. The molecule has 1 fully saturated rings. The van der Waals surface area contributed by atoms with Gasteiger partial charge in [0.1, 0.15) is 6.29 Å². The lowest BCUT2D eigenvalue weighted by molar-refractivity contribution is -0.117. The monoisotopic (exact) mass is 202 g/mol. The van der Waals surface area contributed by atoms with Crippen LogP contribution >= 0.6 is 0 Å². The molecule has 0 amide bonds. The minimum absolute atomic E-state index is 0.0820. The SMILES string of the molecule is CC1CCCC1(C=O)Cc1ccccc1. The molecule has 2 rings (SSSR count). The predicted octanol–water partition coefficient (Wildman–Crippen LogP) is 3.23. The van der Waals surface area contributed by atoms with E-state index in [9.17, 15) is 4.79 Å². The van der Waals surface area contributed by atoms with E-state index in [2.05, 4.69) is 19.1 Å². The fourth-order valence-electron chi connectivity index (χ4n) is 2.73. The summed E-state index contributed by atoms with van der Waals surface area (Å²) in [6, 6.07) is 10.4. The second-order valence-corrected chi connectivity index (χ2v) is 4.81. The maximum absolute atomic E-state index is 11.3. The molecule has 0 saturated heterocycles. The maximum atomic E-state index is 11.3. The van der Waals surface area contributed by atoms with Crippen LogP contribution in [0.15, 0.2) is 30.3 Å². The van der Waals surface area contributed by atoms with E-state index >= 15 is 0 Å². The third-order valence-electron chi connectivity index (χ3n) is 3.87. The van der Waals surface area contributed by atoms with E-state index in [4.69, 9.17) is 0 Å². The standard InChI is InChI=1S/C14H18O/c1-12-6-5-9-14(12,11-15)10-13-7-3-2-4-8-13/h2-4,7-8,11-12H,5-6,9-10H2,1H3. The number of aldehydes is 1. The van der Waals surface area contributed by atoms with Crippen molar-refractivity contribution < 1.29 is 4.79 Å². The number of rotatable bonds is 3. The molecule has 1 saturated carbocycles. The maximum Gasteiger partial charge on any atom is 0.126 e. The van der Waals surface area contributed by atoms with Crippen molar-refractivity contribution in [1.82, 2.24) is 0 Å². The van der Waals surface area contributed by atoms with E-state index in [0.717, 1.165) is 12.8 Å². The average Bonchev–Trinajstić information content (AvgIpc) is 2.62. The number of carbonyl (C=O) groups excluding carboxylic acids is 1. The summed E-state index contributed by atoms with van der Waals surface area (Å²) >= 11 is 0. The first kappa shape index (κ1) is 10.4. The van der Waals surface area contributed by atoms with E-state index in [0.29, 0.717) is 5.92 Å². The van der Waals surface area contributed by atoms with E-state index in [1.165, 1.54) is 24.7 Å². The third kappa shape index (κ3) is 1.97. The van der Waals surface area contributed by atoms with Gasteiger partial charge in [0.25, 0.3) is 0 Å². The molecule has 2 unspecified atom stereocenters. The number of carbonyl (C=O) groups is 1. The summed E-state index contributed by atoms with van der Waals surface area (Å²) in [5.41, 5.74) is 1.21. The number of hydrogen-bond donors (Lipinski definition) is 0. The minimum Gasteiger partial charge on any atom is -0.303 e. The fraction of sp³-hybridized carbons (Fsp3) is 0.500. The summed E-state index contributed by atoms with van der Waals surface area (Å²) in [5.74, 6) is 0.537. The lowest BCUT2D eigenvalue weighted by Gasteiger charge is -2.27. The summed E-state index contributed by atoms with van der Waals surface area (Å²) in [6.45, 7) is 2.21. The normalized spacial score (nSPS) is 30.3. The molecule has 0 bridgehead atoms. The largest absolute Gasteiger partial charge is 0.303 e. The van der Waals surface area contributed by atoms with E-state index in [1.807, 2.05) is 18.2 Å².